The van der Waals surface area contributed by atoms with Gasteiger partial charge in [-0.15, -0.1) is 0 Å². The van der Waals surface area contributed by atoms with Crippen molar-refractivity contribution in [1.82, 2.24) is 19.9 Å². The van der Waals surface area contributed by atoms with Crippen LogP contribution in [0.25, 0.3) is 16.6 Å². The molecule has 0 bridgehead atoms. The van der Waals surface area contributed by atoms with Crippen LogP contribution in [0.3, 0.4) is 0 Å². The van der Waals surface area contributed by atoms with Gasteiger partial charge in [-0.3, -0.25) is 14.3 Å². The minimum atomic E-state index is -0.646. The molecule has 0 saturated carbocycles. The third kappa shape index (κ3) is 4.14. The summed E-state index contributed by atoms with van der Waals surface area (Å²) in [6.45, 7) is 7.05. The number of benzene rings is 1. The van der Waals surface area contributed by atoms with Crippen molar-refractivity contribution in [2.24, 2.45) is 0 Å². The normalized spacial score (nSPS) is 12.6. The van der Waals surface area contributed by atoms with Gasteiger partial charge in [-0.2, -0.15) is 0 Å². The van der Waals surface area contributed by atoms with E-state index < -0.39 is 17.7 Å². The lowest BCUT2D eigenvalue weighted by molar-refractivity contribution is 0.0505. The summed E-state index contributed by atoms with van der Waals surface area (Å²) in [5.74, 6) is 0.324. The molecule has 0 aliphatic rings. The summed E-state index contributed by atoms with van der Waals surface area (Å²) in [7, 11) is 0. The van der Waals surface area contributed by atoms with Crippen molar-refractivity contribution in [2.75, 3.05) is 0 Å². The van der Waals surface area contributed by atoms with Gasteiger partial charge in [0, 0.05) is 6.20 Å². The minimum Gasteiger partial charge on any atom is -0.444 e. The van der Waals surface area contributed by atoms with E-state index in [-0.39, 0.29) is 5.56 Å². The van der Waals surface area contributed by atoms with E-state index in [0.717, 1.165) is 0 Å². The second-order valence-corrected chi connectivity index (χ2v) is 7.73. The molecule has 0 unspecified atom stereocenters. The molecule has 0 saturated heterocycles. The third-order valence-electron chi connectivity index (χ3n) is 3.90. The Bertz CT molecular complexity index is 1070. The minimum absolute atomic E-state index is 0.298. The van der Waals surface area contributed by atoms with Gasteiger partial charge in [0.05, 0.1) is 33.9 Å². The molecule has 2 aromatic heterocycles. The molecule has 28 heavy (non-hydrogen) atoms. The van der Waals surface area contributed by atoms with Crippen molar-refractivity contribution in [2.45, 2.75) is 39.3 Å². The van der Waals surface area contributed by atoms with E-state index in [1.165, 1.54) is 4.57 Å². The number of hydrogen-bond donors (Lipinski definition) is 1. The molecule has 2 heterocycles. The molecule has 0 fully saturated rings. The van der Waals surface area contributed by atoms with Crippen LogP contribution in [0, 0.1) is 0 Å². The molecule has 0 aliphatic carbocycles. The van der Waals surface area contributed by atoms with Crippen LogP contribution in [-0.2, 0) is 4.74 Å². The van der Waals surface area contributed by atoms with E-state index in [2.05, 4.69) is 15.3 Å². The summed E-state index contributed by atoms with van der Waals surface area (Å²) in [6, 6.07) is 7.88. The number of amides is 1. The predicted octanol–water partition coefficient (Wildman–Crippen LogP) is 4.02. The lowest BCUT2D eigenvalue weighted by Gasteiger charge is -2.23. The first-order chi connectivity index (χ1) is 13.2. The zero-order valence-electron chi connectivity index (χ0n) is 16.1. The average molecular weight is 401 g/mol. The first-order valence-corrected chi connectivity index (χ1v) is 9.16. The molecule has 1 amide bonds. The van der Waals surface area contributed by atoms with Gasteiger partial charge in [0.1, 0.15) is 11.4 Å². The highest BCUT2D eigenvalue weighted by Crippen LogP contribution is 2.23. The van der Waals surface area contributed by atoms with Crippen molar-refractivity contribution in [3.05, 3.63) is 63.9 Å². The van der Waals surface area contributed by atoms with E-state index >= 15 is 0 Å². The highest BCUT2D eigenvalue weighted by Gasteiger charge is 2.23. The maximum atomic E-state index is 13.2. The smallest absolute Gasteiger partial charge is 0.408 e. The van der Waals surface area contributed by atoms with Crippen LogP contribution < -0.4 is 10.9 Å². The zero-order valence-corrected chi connectivity index (χ0v) is 16.8. The summed E-state index contributed by atoms with van der Waals surface area (Å²) < 4.78 is 6.74. The van der Waals surface area contributed by atoms with Gasteiger partial charge < -0.3 is 10.1 Å². The molecule has 0 radical (unpaired) electrons. The summed E-state index contributed by atoms with van der Waals surface area (Å²) in [5.41, 5.74) is -0.0300. The molecule has 8 heteroatoms. The Balaban J connectivity index is 2.16. The molecule has 0 aliphatic heterocycles. The Labute approximate surface area is 167 Å². The number of rotatable bonds is 3. The maximum Gasteiger partial charge on any atom is 0.408 e. The molecule has 0 spiro atoms. The summed E-state index contributed by atoms with van der Waals surface area (Å²) >= 11 is 6.26. The van der Waals surface area contributed by atoms with Crippen LogP contribution in [0.5, 0.6) is 0 Å². The molecule has 146 valence electrons. The molecule has 7 nitrogen and oxygen atoms in total. The van der Waals surface area contributed by atoms with E-state index in [1.807, 2.05) is 0 Å². The van der Waals surface area contributed by atoms with Gasteiger partial charge in [-0.25, -0.2) is 9.78 Å². The number of nitrogens with zero attached hydrogens (tertiary/aromatic N) is 3. The molecule has 1 atom stereocenters. The Morgan fingerprint density at radius 2 is 2.00 bits per heavy atom. The van der Waals surface area contributed by atoms with Gasteiger partial charge in [-0.05, 0) is 52.0 Å². The lowest BCUT2D eigenvalue weighted by atomic mass is 10.2. The number of hydrogen-bond acceptors (Lipinski definition) is 5. The molecular formula is C20H21ClN4O3. The number of pyridine rings is 1. The van der Waals surface area contributed by atoms with Crippen LogP contribution in [0.15, 0.2) is 47.5 Å². The standard InChI is InChI=1S/C20H21ClN4O3/c1-12(23-19(27)28-20(2,3)4)17-24-16-14(8-5-9-15(16)21)18(26)25(17)13-7-6-10-22-11-13/h5-12H,1-4H3,(H,23,27)/t12-/m0/s1. The molecule has 1 aromatic carbocycles. The molecule has 3 rings (SSSR count). The first-order valence-electron chi connectivity index (χ1n) is 8.78. The summed E-state index contributed by atoms with van der Waals surface area (Å²) in [4.78, 5) is 34.1. The first kappa shape index (κ1) is 19.8. The number of carbonyl (C=O) groups excluding carboxylic acids is 1. The highest BCUT2D eigenvalue weighted by molar-refractivity contribution is 6.34. The number of carbonyl (C=O) groups is 1. The largest absolute Gasteiger partial charge is 0.444 e. The van der Waals surface area contributed by atoms with Gasteiger partial charge in [0.2, 0.25) is 0 Å². The van der Waals surface area contributed by atoms with Crippen LogP contribution in [-0.4, -0.2) is 26.2 Å². The van der Waals surface area contributed by atoms with Gasteiger partial charge in [0.25, 0.3) is 5.56 Å². The second kappa shape index (κ2) is 7.59. The molecule has 3 aromatic rings. The number of nitrogens with one attached hydrogen (secondary N) is 1. The Hall–Kier alpha value is -2.93. The van der Waals surface area contributed by atoms with E-state index in [0.29, 0.717) is 27.4 Å². The number of para-hydroxylation sites is 1. The Morgan fingerprint density at radius 3 is 2.64 bits per heavy atom. The van der Waals surface area contributed by atoms with Crippen LogP contribution >= 0.6 is 11.6 Å². The number of ether oxygens (including phenoxy) is 1. The number of aromatic nitrogens is 3. The third-order valence-corrected chi connectivity index (χ3v) is 4.21. The van der Waals surface area contributed by atoms with Crippen molar-refractivity contribution < 1.29 is 9.53 Å². The van der Waals surface area contributed by atoms with Crippen LogP contribution in [0.1, 0.15) is 39.6 Å². The SMILES string of the molecule is C[C@H](NC(=O)OC(C)(C)C)c1nc2c(Cl)cccc2c(=O)n1-c1cccnc1. The van der Waals surface area contributed by atoms with E-state index in [4.69, 9.17) is 16.3 Å². The monoisotopic (exact) mass is 400 g/mol. The predicted molar refractivity (Wildman–Crippen MR) is 108 cm³/mol. The van der Waals surface area contributed by atoms with E-state index in [9.17, 15) is 9.59 Å². The molecular weight excluding hydrogens is 380 g/mol. The number of halogens is 1. The lowest BCUT2D eigenvalue weighted by Crippen LogP contribution is -2.37. The number of alkyl carbamates (subject to hydrolysis) is 1. The van der Waals surface area contributed by atoms with Gasteiger partial charge >= 0.3 is 6.09 Å². The second-order valence-electron chi connectivity index (χ2n) is 7.33. The fourth-order valence-corrected chi connectivity index (χ4v) is 2.98. The van der Waals surface area contributed by atoms with Crippen molar-refractivity contribution in [3.63, 3.8) is 0 Å². The van der Waals surface area contributed by atoms with Crippen molar-refractivity contribution >= 4 is 28.6 Å². The highest BCUT2D eigenvalue weighted by atomic mass is 35.5. The Kier molecular flexibility index (Phi) is 5.38. The van der Waals surface area contributed by atoms with Crippen molar-refractivity contribution in [1.29, 1.82) is 0 Å². The summed E-state index contributed by atoms with van der Waals surface area (Å²) in [5, 5.41) is 3.47. The fourth-order valence-electron chi connectivity index (χ4n) is 2.77. The van der Waals surface area contributed by atoms with Gasteiger partial charge in [0.15, 0.2) is 0 Å². The quantitative estimate of drug-likeness (QED) is 0.717. The summed E-state index contributed by atoms with van der Waals surface area (Å²) in [6.07, 6.45) is 2.57. The Morgan fingerprint density at radius 1 is 1.25 bits per heavy atom. The zero-order chi connectivity index (χ0) is 20.5. The average Bonchev–Trinajstić information content (AvgIpc) is 2.61. The maximum absolute atomic E-state index is 13.2. The molecule has 1 N–H and O–H groups in total. The van der Waals surface area contributed by atoms with E-state index in [1.54, 1.807) is 70.4 Å². The van der Waals surface area contributed by atoms with Crippen molar-refractivity contribution in [3.8, 4) is 5.69 Å². The van der Waals surface area contributed by atoms with Crippen LogP contribution in [0.2, 0.25) is 5.02 Å². The van der Waals surface area contributed by atoms with Crippen LogP contribution in [0.4, 0.5) is 4.79 Å². The fraction of sp³-hybridized carbons (Fsp3) is 0.300. The topological polar surface area (TPSA) is 86.1 Å². The number of fused-ring (bicyclic) bond motifs is 1. The van der Waals surface area contributed by atoms with Gasteiger partial charge in [-0.1, -0.05) is 17.7 Å².